The molecule has 0 radical (unpaired) electrons. The van der Waals surface area contributed by atoms with Gasteiger partial charge in [-0.2, -0.15) is 0 Å². The van der Waals surface area contributed by atoms with Gasteiger partial charge in [0, 0.05) is 25.4 Å². The SMILES string of the molecule is C=C1CC[C@@H]2[C@H](OC(C)=O)[C@H]([C@@]3(C)CC[C@H](O)C[C@@H]3CCO[Si](c3ccccc3)(c3ccccc3)C(C)(C)C)CC[C@]12C. The van der Waals surface area contributed by atoms with Crippen LogP contribution in [-0.4, -0.2) is 38.2 Å². The van der Waals surface area contributed by atoms with Crippen molar-refractivity contribution in [3.05, 3.63) is 72.8 Å². The summed E-state index contributed by atoms with van der Waals surface area (Å²) in [7, 11) is -2.65. The number of fused-ring (bicyclic) bond motifs is 1. The Bertz CT molecular complexity index is 1230. The molecule has 0 bridgehead atoms. The van der Waals surface area contributed by atoms with Gasteiger partial charge in [-0.15, -0.1) is 0 Å². The van der Waals surface area contributed by atoms with Crippen LogP contribution in [0.4, 0.5) is 0 Å². The summed E-state index contributed by atoms with van der Waals surface area (Å²) in [4.78, 5) is 12.5. The number of aliphatic hydroxyl groups is 1. The summed E-state index contributed by atoms with van der Waals surface area (Å²) in [5.74, 6) is 0.695. The number of allylic oxidation sites excluding steroid dienone is 1. The molecule has 3 aliphatic rings. The van der Waals surface area contributed by atoms with Crippen molar-refractivity contribution in [1.29, 1.82) is 0 Å². The maximum Gasteiger partial charge on any atom is 0.302 e. The second-order valence-corrected chi connectivity index (χ2v) is 19.6. The van der Waals surface area contributed by atoms with Gasteiger partial charge in [-0.1, -0.05) is 107 Å². The van der Waals surface area contributed by atoms with Crippen LogP contribution in [0.2, 0.25) is 5.04 Å². The molecule has 1 N–H and O–H groups in total. The summed E-state index contributed by atoms with van der Waals surface area (Å²) in [5.41, 5.74) is 1.33. The number of hydrogen-bond donors (Lipinski definition) is 1. The molecule has 234 valence electrons. The fourth-order valence-corrected chi connectivity index (χ4v) is 14.1. The highest BCUT2D eigenvalue weighted by Crippen LogP contribution is 2.62. The van der Waals surface area contributed by atoms with Gasteiger partial charge in [0.15, 0.2) is 0 Å². The summed E-state index contributed by atoms with van der Waals surface area (Å²) in [6, 6.07) is 21.7. The largest absolute Gasteiger partial charge is 0.462 e. The summed E-state index contributed by atoms with van der Waals surface area (Å²) in [6.07, 6.45) is 7.22. The molecule has 43 heavy (non-hydrogen) atoms. The van der Waals surface area contributed by atoms with Crippen LogP contribution in [0.1, 0.15) is 92.9 Å². The molecule has 4 nitrogen and oxygen atoms in total. The molecule has 0 aromatic heterocycles. The minimum absolute atomic E-state index is 0.0423. The first-order valence-corrected chi connectivity index (χ1v) is 18.5. The second-order valence-electron chi connectivity index (χ2n) is 15.3. The van der Waals surface area contributed by atoms with Crippen LogP contribution in [0.25, 0.3) is 0 Å². The fraction of sp³-hybridized carbons (Fsp3) is 0.605. The molecular formula is C38H54O4Si. The molecule has 0 saturated heterocycles. The molecule has 2 aromatic carbocycles. The minimum Gasteiger partial charge on any atom is -0.462 e. The van der Waals surface area contributed by atoms with E-state index >= 15 is 0 Å². The summed E-state index contributed by atoms with van der Waals surface area (Å²) in [6.45, 7) is 18.4. The standard InChI is InChI=1S/C38H54O4Si/c1-27-18-19-33-35(42-28(2)39)34(21-24-37(27,33)6)38(7)23-20-30(40)26-29(38)22-25-41-43(36(3,4)5,31-14-10-8-11-15-31)32-16-12-9-13-17-32/h8-17,29-30,33-35,40H,1,18-26H2,2-7H3/t29-,30-,33+,34+,35-,37+,38-/m0/s1. The van der Waals surface area contributed by atoms with E-state index in [-0.39, 0.29) is 45.9 Å². The van der Waals surface area contributed by atoms with Gasteiger partial charge in [0.05, 0.1) is 6.10 Å². The highest BCUT2D eigenvalue weighted by molar-refractivity contribution is 6.99. The van der Waals surface area contributed by atoms with E-state index in [2.05, 4.69) is 102 Å². The lowest BCUT2D eigenvalue weighted by atomic mass is 9.51. The second kappa shape index (κ2) is 12.3. The van der Waals surface area contributed by atoms with E-state index < -0.39 is 8.32 Å². The molecule has 0 unspecified atom stereocenters. The van der Waals surface area contributed by atoms with Crippen molar-refractivity contribution in [2.45, 2.75) is 110 Å². The average molecular weight is 603 g/mol. The summed E-state index contributed by atoms with van der Waals surface area (Å²) in [5, 5.41) is 13.5. The lowest BCUT2D eigenvalue weighted by Gasteiger charge is -2.56. The molecular weight excluding hydrogens is 549 g/mol. The first kappa shape index (κ1) is 32.2. The Balaban J connectivity index is 1.45. The Morgan fingerprint density at radius 1 is 0.953 bits per heavy atom. The van der Waals surface area contributed by atoms with Gasteiger partial charge in [0.1, 0.15) is 6.10 Å². The molecule has 0 aliphatic heterocycles. The van der Waals surface area contributed by atoms with Crippen LogP contribution >= 0.6 is 0 Å². The van der Waals surface area contributed by atoms with E-state index in [4.69, 9.17) is 9.16 Å². The third-order valence-electron chi connectivity index (χ3n) is 12.0. The van der Waals surface area contributed by atoms with Crippen molar-refractivity contribution < 1.29 is 19.1 Å². The molecule has 3 aliphatic carbocycles. The minimum atomic E-state index is -2.65. The third kappa shape index (κ3) is 5.82. The smallest absolute Gasteiger partial charge is 0.302 e. The van der Waals surface area contributed by atoms with Crippen molar-refractivity contribution >= 4 is 24.7 Å². The molecule has 3 saturated carbocycles. The van der Waals surface area contributed by atoms with Crippen molar-refractivity contribution in [2.75, 3.05) is 6.61 Å². The highest BCUT2D eigenvalue weighted by atomic mass is 28.4. The van der Waals surface area contributed by atoms with Crippen molar-refractivity contribution in [3.63, 3.8) is 0 Å². The first-order valence-electron chi connectivity index (χ1n) is 16.6. The number of ether oxygens (including phenoxy) is 1. The zero-order valence-electron chi connectivity index (χ0n) is 27.4. The van der Waals surface area contributed by atoms with Gasteiger partial charge in [0.2, 0.25) is 0 Å². The summed E-state index contributed by atoms with van der Waals surface area (Å²) >= 11 is 0. The molecule has 0 spiro atoms. The average Bonchev–Trinajstić information content (AvgIpc) is 3.27. The number of carbonyl (C=O) groups is 1. The van der Waals surface area contributed by atoms with Gasteiger partial charge >= 0.3 is 5.97 Å². The zero-order valence-corrected chi connectivity index (χ0v) is 28.4. The Morgan fingerprint density at radius 2 is 1.56 bits per heavy atom. The zero-order chi connectivity index (χ0) is 31.0. The van der Waals surface area contributed by atoms with Crippen molar-refractivity contribution in [2.24, 2.45) is 28.6 Å². The lowest BCUT2D eigenvalue weighted by Crippen LogP contribution is -2.66. The van der Waals surface area contributed by atoms with E-state index in [0.717, 1.165) is 51.4 Å². The number of carbonyl (C=O) groups excluding carboxylic acids is 1. The number of esters is 1. The molecule has 5 rings (SSSR count). The first-order chi connectivity index (χ1) is 20.3. The van der Waals surface area contributed by atoms with Gasteiger partial charge in [-0.3, -0.25) is 4.79 Å². The normalized spacial score (nSPS) is 33.2. The number of aliphatic hydroxyl groups excluding tert-OH is 1. The molecule has 0 amide bonds. The maximum atomic E-state index is 12.5. The fourth-order valence-electron chi connectivity index (χ4n) is 9.49. The topological polar surface area (TPSA) is 55.8 Å². The van der Waals surface area contributed by atoms with Crippen LogP contribution in [-0.2, 0) is 14.0 Å². The number of benzene rings is 2. The maximum absolute atomic E-state index is 12.5. The van der Waals surface area contributed by atoms with Crippen molar-refractivity contribution in [1.82, 2.24) is 0 Å². The van der Waals surface area contributed by atoms with Gasteiger partial charge < -0.3 is 14.3 Å². The molecule has 3 fully saturated rings. The number of rotatable bonds is 8. The molecule has 0 heterocycles. The monoisotopic (exact) mass is 602 g/mol. The van der Waals surface area contributed by atoms with E-state index in [1.807, 2.05) is 0 Å². The quantitative estimate of drug-likeness (QED) is 0.194. The van der Waals surface area contributed by atoms with Crippen LogP contribution in [0.5, 0.6) is 0 Å². The predicted octanol–water partition coefficient (Wildman–Crippen LogP) is 7.43. The van der Waals surface area contributed by atoms with E-state index in [0.29, 0.717) is 12.5 Å². The molecule has 5 heteroatoms. The van der Waals surface area contributed by atoms with Gasteiger partial charge in [-0.25, -0.2) is 0 Å². The third-order valence-corrected chi connectivity index (χ3v) is 17.0. The van der Waals surface area contributed by atoms with Crippen LogP contribution in [0.15, 0.2) is 72.8 Å². The van der Waals surface area contributed by atoms with Gasteiger partial charge in [-0.05, 0) is 83.5 Å². The Kier molecular flexibility index (Phi) is 9.20. The Labute approximate surface area is 261 Å². The van der Waals surface area contributed by atoms with Crippen LogP contribution < -0.4 is 10.4 Å². The molecule has 7 atom stereocenters. The van der Waals surface area contributed by atoms with E-state index in [9.17, 15) is 9.90 Å². The Morgan fingerprint density at radius 3 is 2.12 bits per heavy atom. The summed E-state index contributed by atoms with van der Waals surface area (Å²) < 4.78 is 13.6. The lowest BCUT2D eigenvalue weighted by molar-refractivity contribution is -0.173. The predicted molar refractivity (Wildman–Crippen MR) is 178 cm³/mol. The number of hydrogen-bond acceptors (Lipinski definition) is 4. The highest BCUT2D eigenvalue weighted by Gasteiger charge is 2.58. The van der Waals surface area contributed by atoms with Crippen LogP contribution in [0.3, 0.4) is 0 Å². The van der Waals surface area contributed by atoms with E-state index in [1.165, 1.54) is 15.9 Å². The van der Waals surface area contributed by atoms with Crippen LogP contribution in [0, 0.1) is 28.6 Å². The molecule has 2 aromatic rings. The van der Waals surface area contributed by atoms with Crippen molar-refractivity contribution in [3.8, 4) is 0 Å². The van der Waals surface area contributed by atoms with Gasteiger partial charge in [0.25, 0.3) is 8.32 Å². The Hall–Kier alpha value is -2.21. The van der Waals surface area contributed by atoms with E-state index in [1.54, 1.807) is 6.92 Å².